The molecule has 1 aromatic heterocycles. The number of imidazole rings is 1. The van der Waals surface area contributed by atoms with Gasteiger partial charge < -0.3 is 9.30 Å². The second-order valence-corrected chi connectivity index (χ2v) is 7.54. The molecule has 2 fully saturated rings. The van der Waals surface area contributed by atoms with Gasteiger partial charge >= 0.3 is 5.97 Å². The summed E-state index contributed by atoms with van der Waals surface area (Å²) in [7, 11) is 0. The fraction of sp³-hybridized carbons (Fsp3) is 0.500. The van der Waals surface area contributed by atoms with Crippen LogP contribution in [-0.2, 0) is 22.5 Å². The molecule has 0 saturated heterocycles. The first kappa shape index (κ1) is 14.3. The van der Waals surface area contributed by atoms with E-state index in [1.807, 2.05) is 24.4 Å². The normalized spacial score (nSPS) is 24.2. The lowest BCUT2D eigenvalue weighted by Crippen LogP contribution is -2.31. The molecule has 5 rings (SSSR count). The highest BCUT2D eigenvalue weighted by atomic mass is 16.6. The van der Waals surface area contributed by atoms with Gasteiger partial charge in [0.25, 0.3) is 0 Å². The summed E-state index contributed by atoms with van der Waals surface area (Å²) in [6.07, 6.45) is 8.16. The van der Waals surface area contributed by atoms with Gasteiger partial charge in [-0.25, -0.2) is 4.98 Å². The van der Waals surface area contributed by atoms with Gasteiger partial charge in [-0.1, -0.05) is 30.3 Å². The standard InChI is InChI=1S/C20H22N2O2/c23-19(24-20(9-10-20)16-6-7-16)15-8-11-22-17(12-15)13-21-18(22)14-4-2-1-3-5-14/h1-5,13,15-16H,6-12H2. The molecule has 4 nitrogen and oxygen atoms in total. The zero-order valence-corrected chi connectivity index (χ0v) is 13.8. The predicted molar refractivity (Wildman–Crippen MR) is 90.3 cm³/mol. The lowest BCUT2D eigenvalue weighted by atomic mass is 9.96. The molecule has 124 valence electrons. The maximum atomic E-state index is 12.6. The van der Waals surface area contributed by atoms with Gasteiger partial charge in [-0.05, 0) is 38.0 Å². The number of benzene rings is 1. The van der Waals surface area contributed by atoms with E-state index in [0.717, 1.165) is 49.3 Å². The number of aromatic nitrogens is 2. The van der Waals surface area contributed by atoms with Crippen LogP contribution in [0.15, 0.2) is 36.5 Å². The Balaban J connectivity index is 1.32. The highest BCUT2D eigenvalue weighted by Crippen LogP contribution is 2.56. The Labute approximate surface area is 141 Å². The Hall–Kier alpha value is -2.10. The summed E-state index contributed by atoms with van der Waals surface area (Å²) in [6, 6.07) is 10.3. The number of nitrogens with zero attached hydrogens (tertiary/aromatic N) is 2. The molecule has 24 heavy (non-hydrogen) atoms. The number of ether oxygens (including phenoxy) is 1. The first-order chi connectivity index (χ1) is 11.8. The quantitative estimate of drug-likeness (QED) is 0.808. The van der Waals surface area contributed by atoms with E-state index in [1.54, 1.807) is 0 Å². The Morgan fingerprint density at radius 2 is 1.96 bits per heavy atom. The molecule has 1 aromatic carbocycles. The molecular weight excluding hydrogens is 300 g/mol. The minimum Gasteiger partial charge on any atom is -0.459 e. The number of esters is 1. The van der Waals surface area contributed by atoms with E-state index < -0.39 is 0 Å². The Morgan fingerprint density at radius 1 is 1.17 bits per heavy atom. The fourth-order valence-corrected chi connectivity index (χ4v) is 4.09. The maximum Gasteiger partial charge on any atom is 0.309 e. The number of hydrogen-bond acceptors (Lipinski definition) is 3. The van der Waals surface area contributed by atoms with Crippen LogP contribution in [0.25, 0.3) is 11.4 Å². The summed E-state index contributed by atoms with van der Waals surface area (Å²) in [5.74, 6) is 1.68. The van der Waals surface area contributed by atoms with Crippen LogP contribution in [0.4, 0.5) is 0 Å². The highest BCUT2D eigenvalue weighted by molar-refractivity contribution is 5.74. The summed E-state index contributed by atoms with van der Waals surface area (Å²) in [6.45, 7) is 0.843. The molecule has 3 aliphatic rings. The molecule has 2 heterocycles. The van der Waals surface area contributed by atoms with Crippen molar-refractivity contribution < 1.29 is 9.53 Å². The van der Waals surface area contributed by atoms with Gasteiger partial charge in [-0.15, -0.1) is 0 Å². The molecule has 2 aromatic rings. The molecule has 0 spiro atoms. The third-order valence-electron chi connectivity index (χ3n) is 5.83. The predicted octanol–water partition coefficient (Wildman–Crippen LogP) is 3.60. The lowest BCUT2D eigenvalue weighted by molar-refractivity contribution is -0.158. The number of hydrogen-bond donors (Lipinski definition) is 0. The van der Waals surface area contributed by atoms with Crippen molar-refractivity contribution in [3.8, 4) is 11.4 Å². The zero-order valence-electron chi connectivity index (χ0n) is 13.8. The Bertz CT molecular complexity index is 772. The molecule has 2 saturated carbocycles. The van der Waals surface area contributed by atoms with Gasteiger partial charge in [0, 0.05) is 30.4 Å². The minimum atomic E-state index is -0.0655. The third-order valence-corrected chi connectivity index (χ3v) is 5.83. The molecule has 0 radical (unpaired) electrons. The number of carbonyl (C=O) groups is 1. The molecule has 0 bridgehead atoms. The smallest absolute Gasteiger partial charge is 0.309 e. The molecule has 2 aliphatic carbocycles. The van der Waals surface area contributed by atoms with Gasteiger partial charge in [0.05, 0.1) is 5.92 Å². The van der Waals surface area contributed by atoms with Gasteiger partial charge in [0.2, 0.25) is 0 Å². The number of rotatable bonds is 4. The molecular formula is C20H22N2O2. The largest absolute Gasteiger partial charge is 0.459 e. The summed E-state index contributed by atoms with van der Waals surface area (Å²) in [4.78, 5) is 17.2. The second kappa shape index (κ2) is 5.20. The Kier molecular flexibility index (Phi) is 3.09. The molecule has 1 unspecified atom stereocenters. The molecule has 0 amide bonds. The SMILES string of the molecule is O=C(OC1(C2CC2)CC1)C1CCn2c(cnc2-c2ccccc2)C1. The van der Waals surface area contributed by atoms with Gasteiger partial charge in [-0.3, -0.25) is 4.79 Å². The van der Waals surface area contributed by atoms with E-state index in [4.69, 9.17) is 4.74 Å². The van der Waals surface area contributed by atoms with E-state index >= 15 is 0 Å². The van der Waals surface area contributed by atoms with Crippen LogP contribution < -0.4 is 0 Å². The van der Waals surface area contributed by atoms with Crippen LogP contribution in [0, 0.1) is 11.8 Å². The van der Waals surface area contributed by atoms with Crippen molar-refractivity contribution in [1.29, 1.82) is 0 Å². The average Bonchev–Trinajstić information content (AvgIpc) is 3.53. The second-order valence-electron chi connectivity index (χ2n) is 7.54. The zero-order chi connectivity index (χ0) is 16.1. The summed E-state index contributed by atoms with van der Waals surface area (Å²) in [5, 5.41) is 0. The highest BCUT2D eigenvalue weighted by Gasteiger charge is 2.57. The lowest BCUT2D eigenvalue weighted by Gasteiger charge is -2.26. The van der Waals surface area contributed by atoms with E-state index in [2.05, 4.69) is 21.7 Å². The van der Waals surface area contributed by atoms with Crippen molar-refractivity contribution in [3.05, 3.63) is 42.2 Å². The summed E-state index contributed by atoms with van der Waals surface area (Å²) < 4.78 is 8.21. The van der Waals surface area contributed by atoms with Crippen LogP contribution in [0.5, 0.6) is 0 Å². The molecule has 4 heteroatoms. The maximum absolute atomic E-state index is 12.6. The van der Waals surface area contributed by atoms with Crippen molar-refractivity contribution in [2.45, 2.75) is 50.7 Å². The Morgan fingerprint density at radius 3 is 2.67 bits per heavy atom. The number of carbonyl (C=O) groups excluding carboxylic acids is 1. The van der Waals surface area contributed by atoms with E-state index in [9.17, 15) is 4.79 Å². The van der Waals surface area contributed by atoms with Crippen LogP contribution in [0.2, 0.25) is 0 Å². The van der Waals surface area contributed by atoms with Crippen molar-refractivity contribution >= 4 is 5.97 Å². The first-order valence-corrected chi connectivity index (χ1v) is 9.08. The average molecular weight is 322 g/mol. The monoisotopic (exact) mass is 322 g/mol. The summed E-state index contributed by atoms with van der Waals surface area (Å²) in [5.41, 5.74) is 2.22. The minimum absolute atomic E-state index is 0.00551. The van der Waals surface area contributed by atoms with E-state index in [0.29, 0.717) is 5.92 Å². The van der Waals surface area contributed by atoms with Crippen LogP contribution >= 0.6 is 0 Å². The number of fused-ring (bicyclic) bond motifs is 1. The first-order valence-electron chi connectivity index (χ1n) is 9.08. The van der Waals surface area contributed by atoms with Gasteiger partial charge in [0.15, 0.2) is 0 Å². The molecule has 1 atom stereocenters. The van der Waals surface area contributed by atoms with E-state index in [-0.39, 0.29) is 17.5 Å². The molecule has 0 N–H and O–H groups in total. The fourth-order valence-electron chi connectivity index (χ4n) is 4.09. The topological polar surface area (TPSA) is 44.1 Å². The van der Waals surface area contributed by atoms with Crippen molar-refractivity contribution in [2.75, 3.05) is 0 Å². The van der Waals surface area contributed by atoms with Crippen LogP contribution in [0.1, 0.15) is 37.8 Å². The van der Waals surface area contributed by atoms with Crippen molar-refractivity contribution in [3.63, 3.8) is 0 Å². The molecule has 1 aliphatic heterocycles. The van der Waals surface area contributed by atoms with Crippen molar-refractivity contribution in [1.82, 2.24) is 9.55 Å². The van der Waals surface area contributed by atoms with E-state index in [1.165, 1.54) is 12.8 Å². The van der Waals surface area contributed by atoms with Gasteiger partial charge in [0.1, 0.15) is 11.4 Å². The third kappa shape index (κ3) is 2.36. The summed E-state index contributed by atoms with van der Waals surface area (Å²) >= 11 is 0. The van der Waals surface area contributed by atoms with Gasteiger partial charge in [-0.2, -0.15) is 0 Å². The van der Waals surface area contributed by atoms with Crippen molar-refractivity contribution in [2.24, 2.45) is 11.8 Å². The van der Waals surface area contributed by atoms with Crippen LogP contribution in [-0.4, -0.2) is 21.1 Å². The van der Waals surface area contributed by atoms with Crippen LogP contribution in [0.3, 0.4) is 0 Å².